The highest BCUT2D eigenvalue weighted by Gasteiger charge is 2.53. The van der Waals surface area contributed by atoms with Crippen LogP contribution in [0.1, 0.15) is 50.5 Å². The Morgan fingerprint density at radius 2 is 1.71 bits per heavy atom. The van der Waals surface area contributed by atoms with Gasteiger partial charge in [0.2, 0.25) is 0 Å². The van der Waals surface area contributed by atoms with Crippen LogP contribution in [-0.4, -0.2) is 37.4 Å². The summed E-state index contributed by atoms with van der Waals surface area (Å²) >= 11 is 0. The monoisotopic (exact) mass is 334 g/mol. The molecule has 7 heteroatoms. The van der Waals surface area contributed by atoms with Crippen LogP contribution in [0.25, 0.3) is 0 Å². The molecular weight excluding hydrogens is 311 g/mol. The van der Waals surface area contributed by atoms with Gasteiger partial charge in [-0.05, 0) is 39.3 Å². The van der Waals surface area contributed by atoms with E-state index >= 15 is 0 Å². The molecule has 6 nitrogen and oxygen atoms in total. The third-order valence-corrected chi connectivity index (χ3v) is 4.52. The molecule has 0 saturated carbocycles. The highest BCUT2D eigenvalue weighted by atomic mass is 16.7. The minimum absolute atomic E-state index is 0.0274. The van der Waals surface area contributed by atoms with Gasteiger partial charge in [0.25, 0.3) is 0 Å². The zero-order valence-electron chi connectivity index (χ0n) is 15.0. The number of methoxy groups -OCH3 is 1. The first-order valence-electron chi connectivity index (χ1n) is 7.78. The first kappa shape index (κ1) is 18.5. The van der Waals surface area contributed by atoms with Crippen LogP contribution < -0.4 is 5.46 Å². The molecule has 0 aliphatic carbocycles. The van der Waals surface area contributed by atoms with Gasteiger partial charge in [-0.2, -0.15) is 0 Å². The minimum atomic E-state index is -0.754. The van der Waals surface area contributed by atoms with Crippen LogP contribution in [0.2, 0.25) is 0 Å². The number of rotatable bonds is 4. The van der Waals surface area contributed by atoms with Crippen LogP contribution >= 0.6 is 0 Å². The fraction of sp³-hybridized carbons (Fsp3) is 0.529. The summed E-state index contributed by atoms with van der Waals surface area (Å²) in [6.45, 7) is 9.08. The van der Waals surface area contributed by atoms with E-state index in [4.69, 9.17) is 18.8 Å². The Balaban J connectivity index is 2.49. The van der Waals surface area contributed by atoms with Crippen molar-refractivity contribution >= 4 is 24.5 Å². The molecule has 0 N–H and O–H groups in total. The van der Waals surface area contributed by atoms with Crippen molar-refractivity contribution in [2.45, 2.75) is 52.4 Å². The predicted molar refractivity (Wildman–Crippen MR) is 89.0 cm³/mol. The van der Waals surface area contributed by atoms with Crippen molar-refractivity contribution in [3.05, 3.63) is 29.3 Å². The lowest BCUT2D eigenvalue weighted by molar-refractivity contribution is -0.142. The SMILES string of the molecule is COC(=O)c1cccc(COC(C)=O)c1B1OC(C)(C)C(C)(C)O1. The minimum Gasteiger partial charge on any atom is -0.465 e. The summed E-state index contributed by atoms with van der Waals surface area (Å²) in [6, 6.07) is 5.12. The summed E-state index contributed by atoms with van der Waals surface area (Å²) in [5, 5.41) is 0. The van der Waals surface area contributed by atoms with Crippen LogP contribution in [0, 0.1) is 0 Å². The van der Waals surface area contributed by atoms with Gasteiger partial charge in [0.1, 0.15) is 6.61 Å². The van der Waals surface area contributed by atoms with Crippen molar-refractivity contribution in [2.75, 3.05) is 7.11 Å². The smallest absolute Gasteiger partial charge is 0.465 e. The van der Waals surface area contributed by atoms with E-state index in [1.54, 1.807) is 18.2 Å². The highest BCUT2D eigenvalue weighted by molar-refractivity contribution is 6.64. The Labute approximate surface area is 142 Å². The van der Waals surface area contributed by atoms with Crippen LogP contribution in [0.4, 0.5) is 0 Å². The Morgan fingerprint density at radius 3 is 2.21 bits per heavy atom. The topological polar surface area (TPSA) is 71.1 Å². The molecule has 24 heavy (non-hydrogen) atoms. The first-order valence-corrected chi connectivity index (χ1v) is 7.78. The lowest BCUT2D eigenvalue weighted by Gasteiger charge is -2.32. The molecule has 0 radical (unpaired) electrons. The van der Waals surface area contributed by atoms with E-state index in [0.29, 0.717) is 16.6 Å². The third kappa shape index (κ3) is 3.47. The maximum atomic E-state index is 12.2. The van der Waals surface area contributed by atoms with Crippen LogP contribution in [0.5, 0.6) is 0 Å². The molecule has 130 valence electrons. The van der Waals surface area contributed by atoms with Gasteiger partial charge < -0.3 is 18.8 Å². The van der Waals surface area contributed by atoms with Crippen LogP contribution in [0.3, 0.4) is 0 Å². The standard InChI is InChI=1S/C17H23BO6/c1-11(19)22-10-12-8-7-9-13(15(20)21-6)14(12)18-23-16(2,3)17(4,5)24-18/h7-9H,10H2,1-6H3. The third-order valence-electron chi connectivity index (χ3n) is 4.52. The average molecular weight is 334 g/mol. The van der Waals surface area contributed by atoms with Gasteiger partial charge in [-0.1, -0.05) is 12.1 Å². The maximum absolute atomic E-state index is 12.2. The van der Waals surface area contributed by atoms with E-state index < -0.39 is 30.3 Å². The summed E-state index contributed by atoms with van der Waals surface area (Å²) in [6.07, 6.45) is 0. The van der Waals surface area contributed by atoms with E-state index in [1.165, 1.54) is 14.0 Å². The van der Waals surface area contributed by atoms with Gasteiger partial charge in [-0.15, -0.1) is 0 Å². The van der Waals surface area contributed by atoms with Crippen molar-refractivity contribution in [1.82, 2.24) is 0 Å². The normalized spacial score (nSPS) is 18.3. The number of carbonyl (C=O) groups excluding carboxylic acids is 2. The number of esters is 2. The van der Waals surface area contributed by atoms with Crippen molar-refractivity contribution in [3.63, 3.8) is 0 Å². The summed E-state index contributed by atoms with van der Waals surface area (Å²) in [7, 11) is 0.561. The number of hydrogen-bond acceptors (Lipinski definition) is 6. The molecule has 1 aliphatic rings. The molecule has 1 aromatic rings. The fourth-order valence-electron chi connectivity index (χ4n) is 2.45. The van der Waals surface area contributed by atoms with E-state index in [2.05, 4.69) is 0 Å². The van der Waals surface area contributed by atoms with Crippen molar-refractivity contribution in [2.24, 2.45) is 0 Å². The van der Waals surface area contributed by atoms with E-state index in [9.17, 15) is 9.59 Å². The van der Waals surface area contributed by atoms with Crippen molar-refractivity contribution in [3.8, 4) is 0 Å². The van der Waals surface area contributed by atoms with Gasteiger partial charge in [-0.3, -0.25) is 4.79 Å². The lowest BCUT2D eigenvalue weighted by Crippen LogP contribution is -2.41. The van der Waals surface area contributed by atoms with Crippen molar-refractivity contribution in [1.29, 1.82) is 0 Å². The average Bonchev–Trinajstić information content (AvgIpc) is 2.71. The Morgan fingerprint density at radius 1 is 1.12 bits per heavy atom. The fourth-order valence-corrected chi connectivity index (χ4v) is 2.45. The predicted octanol–water partition coefficient (Wildman–Crippen LogP) is 1.84. The van der Waals surface area contributed by atoms with Crippen LogP contribution in [0.15, 0.2) is 18.2 Å². The summed E-state index contributed by atoms with van der Waals surface area (Å²) < 4.78 is 22.1. The Hall–Kier alpha value is -1.86. The number of ether oxygens (including phenoxy) is 2. The molecule has 1 aromatic carbocycles. The van der Waals surface area contributed by atoms with Crippen LogP contribution in [-0.2, 0) is 30.2 Å². The lowest BCUT2D eigenvalue weighted by atomic mass is 9.73. The summed E-state index contributed by atoms with van der Waals surface area (Å²) in [5.41, 5.74) is 0.399. The second kappa shape index (κ2) is 6.57. The summed E-state index contributed by atoms with van der Waals surface area (Å²) in [4.78, 5) is 23.3. The Kier molecular flexibility index (Phi) is 5.06. The van der Waals surface area contributed by atoms with E-state index in [0.717, 1.165) is 0 Å². The molecule has 1 fully saturated rings. The number of hydrogen-bond donors (Lipinski definition) is 0. The second-order valence-electron chi connectivity index (χ2n) is 6.74. The number of carbonyl (C=O) groups is 2. The molecule has 0 spiro atoms. The van der Waals surface area contributed by atoms with Gasteiger partial charge in [-0.25, -0.2) is 4.79 Å². The molecule has 1 aliphatic heterocycles. The zero-order valence-corrected chi connectivity index (χ0v) is 15.0. The zero-order chi connectivity index (χ0) is 18.1. The largest absolute Gasteiger partial charge is 0.496 e. The molecule has 0 amide bonds. The molecule has 1 heterocycles. The van der Waals surface area contributed by atoms with E-state index in [1.807, 2.05) is 27.7 Å². The second-order valence-corrected chi connectivity index (χ2v) is 6.74. The highest BCUT2D eigenvalue weighted by Crippen LogP contribution is 2.37. The van der Waals surface area contributed by atoms with Gasteiger partial charge in [0.05, 0.1) is 23.9 Å². The molecule has 0 atom stereocenters. The first-order chi connectivity index (χ1) is 11.1. The molecule has 2 rings (SSSR count). The number of benzene rings is 1. The Bertz CT molecular complexity index is 636. The van der Waals surface area contributed by atoms with Gasteiger partial charge >= 0.3 is 19.1 Å². The quantitative estimate of drug-likeness (QED) is 0.618. The molecule has 0 unspecified atom stereocenters. The van der Waals surface area contributed by atoms with Gasteiger partial charge in [0, 0.05) is 12.4 Å². The van der Waals surface area contributed by atoms with E-state index in [-0.39, 0.29) is 6.61 Å². The molecular formula is C17H23BO6. The molecule has 0 bridgehead atoms. The molecule has 0 aromatic heterocycles. The molecule has 1 saturated heterocycles. The summed E-state index contributed by atoms with van der Waals surface area (Å²) in [5.74, 6) is -0.900. The van der Waals surface area contributed by atoms with Gasteiger partial charge in [0.15, 0.2) is 0 Å². The maximum Gasteiger partial charge on any atom is 0.496 e. The van der Waals surface area contributed by atoms with Crippen molar-refractivity contribution < 1.29 is 28.4 Å².